The molecule has 0 radical (unpaired) electrons. The third-order valence-corrected chi connectivity index (χ3v) is 5.33. The number of fused-ring (bicyclic) bond motifs is 1. The molecular weight excluding hydrogens is 318 g/mol. The van der Waals surface area contributed by atoms with E-state index in [9.17, 15) is 4.79 Å². The Morgan fingerprint density at radius 2 is 1.88 bits per heavy atom. The largest absolute Gasteiger partial charge is 0.333 e. The highest BCUT2D eigenvalue weighted by atomic mass is 16.2. The predicted octanol–water partition coefficient (Wildman–Crippen LogP) is 0.203. The number of piperazine rings is 1. The van der Waals surface area contributed by atoms with E-state index in [0.29, 0.717) is 11.8 Å². The molecule has 4 rings (SSSR count). The van der Waals surface area contributed by atoms with E-state index in [1.165, 1.54) is 0 Å². The van der Waals surface area contributed by atoms with Crippen LogP contribution in [-0.2, 0) is 0 Å². The molecule has 2 aromatic heterocycles. The Kier molecular flexibility index (Phi) is 4.16. The third kappa shape index (κ3) is 3.00. The lowest BCUT2D eigenvalue weighted by molar-refractivity contribution is 0.00773. The second kappa shape index (κ2) is 6.34. The first-order valence-corrected chi connectivity index (χ1v) is 9.02. The van der Waals surface area contributed by atoms with Crippen LogP contribution in [0.2, 0.25) is 0 Å². The Morgan fingerprint density at radius 3 is 2.56 bits per heavy atom. The van der Waals surface area contributed by atoms with Gasteiger partial charge in [0.15, 0.2) is 0 Å². The van der Waals surface area contributed by atoms with Gasteiger partial charge in [-0.25, -0.2) is 9.50 Å². The first-order chi connectivity index (χ1) is 12.0. The lowest BCUT2D eigenvalue weighted by atomic mass is 10.1. The van der Waals surface area contributed by atoms with Crippen molar-refractivity contribution in [2.75, 3.05) is 45.8 Å². The standard InChI is InChI=1S/C17H25N7O/c1-4-21-5-7-22(8-6-21)14-10-23(11-14)16(25)15-19-17-18-12(2)9-13(3)24(17)20-15/h9,14H,4-8,10-11H2,1-3H3. The number of likely N-dealkylation sites (N-methyl/N-ethyl adjacent to an activating group) is 1. The van der Waals surface area contributed by atoms with Crippen LogP contribution in [0.25, 0.3) is 5.78 Å². The van der Waals surface area contributed by atoms with Crippen LogP contribution in [-0.4, -0.2) is 92.0 Å². The Hall–Kier alpha value is -2.06. The maximum Gasteiger partial charge on any atom is 0.293 e. The summed E-state index contributed by atoms with van der Waals surface area (Å²) in [5, 5.41) is 4.35. The van der Waals surface area contributed by atoms with Gasteiger partial charge in [-0.15, -0.1) is 5.10 Å². The zero-order chi connectivity index (χ0) is 17.6. The fourth-order valence-corrected chi connectivity index (χ4v) is 3.70. The summed E-state index contributed by atoms with van der Waals surface area (Å²) in [5.41, 5.74) is 1.82. The summed E-state index contributed by atoms with van der Waals surface area (Å²) < 4.78 is 1.64. The summed E-state index contributed by atoms with van der Waals surface area (Å²) >= 11 is 0. The van der Waals surface area contributed by atoms with Gasteiger partial charge < -0.3 is 9.80 Å². The topological polar surface area (TPSA) is 69.9 Å². The minimum absolute atomic E-state index is 0.0917. The van der Waals surface area contributed by atoms with Crippen molar-refractivity contribution < 1.29 is 4.79 Å². The molecule has 0 saturated carbocycles. The van der Waals surface area contributed by atoms with Gasteiger partial charge in [0, 0.05) is 56.7 Å². The van der Waals surface area contributed by atoms with E-state index in [1.807, 2.05) is 24.8 Å². The summed E-state index contributed by atoms with van der Waals surface area (Å²) in [7, 11) is 0. The van der Waals surface area contributed by atoms with Crippen molar-refractivity contribution in [2.45, 2.75) is 26.8 Å². The Morgan fingerprint density at radius 1 is 1.16 bits per heavy atom. The Bertz CT molecular complexity index is 788. The SMILES string of the molecule is CCN1CCN(C2CN(C(=O)c3nc4nc(C)cc(C)n4n3)C2)CC1. The van der Waals surface area contributed by atoms with Crippen molar-refractivity contribution in [1.29, 1.82) is 0 Å². The zero-order valence-electron chi connectivity index (χ0n) is 15.1. The molecule has 0 atom stereocenters. The van der Waals surface area contributed by atoms with E-state index >= 15 is 0 Å². The summed E-state index contributed by atoms with van der Waals surface area (Å²) in [4.78, 5) is 28.1. The first kappa shape index (κ1) is 16.4. The van der Waals surface area contributed by atoms with E-state index in [4.69, 9.17) is 0 Å². The number of aromatic nitrogens is 4. The van der Waals surface area contributed by atoms with Gasteiger partial charge in [-0.1, -0.05) is 6.92 Å². The van der Waals surface area contributed by atoms with Crippen molar-refractivity contribution in [1.82, 2.24) is 34.3 Å². The number of rotatable bonds is 3. The number of aryl methyl sites for hydroxylation is 2. The molecule has 8 heteroatoms. The smallest absolute Gasteiger partial charge is 0.293 e. The monoisotopic (exact) mass is 343 g/mol. The van der Waals surface area contributed by atoms with Crippen molar-refractivity contribution in [3.8, 4) is 0 Å². The fourth-order valence-electron chi connectivity index (χ4n) is 3.70. The number of nitrogens with zero attached hydrogens (tertiary/aromatic N) is 7. The minimum Gasteiger partial charge on any atom is -0.333 e. The van der Waals surface area contributed by atoms with Crippen LogP contribution in [0.4, 0.5) is 0 Å². The molecule has 1 amide bonds. The molecule has 2 aliphatic heterocycles. The second-order valence-electron chi connectivity index (χ2n) is 7.02. The zero-order valence-corrected chi connectivity index (χ0v) is 15.1. The van der Waals surface area contributed by atoms with Crippen LogP contribution in [0.15, 0.2) is 6.07 Å². The van der Waals surface area contributed by atoms with Gasteiger partial charge in [0.1, 0.15) is 0 Å². The van der Waals surface area contributed by atoms with E-state index in [0.717, 1.165) is 57.2 Å². The quantitative estimate of drug-likeness (QED) is 0.793. The molecule has 2 fully saturated rings. The predicted molar refractivity (Wildman–Crippen MR) is 93.6 cm³/mol. The van der Waals surface area contributed by atoms with Gasteiger partial charge in [-0.2, -0.15) is 4.98 Å². The van der Waals surface area contributed by atoms with Crippen LogP contribution in [0, 0.1) is 13.8 Å². The normalized spacial score (nSPS) is 20.2. The third-order valence-electron chi connectivity index (χ3n) is 5.33. The molecule has 0 aliphatic carbocycles. The van der Waals surface area contributed by atoms with Crippen LogP contribution in [0.5, 0.6) is 0 Å². The molecule has 8 nitrogen and oxygen atoms in total. The average Bonchev–Trinajstić information content (AvgIpc) is 2.98. The number of hydrogen-bond acceptors (Lipinski definition) is 6. The van der Waals surface area contributed by atoms with Crippen molar-refractivity contribution in [3.63, 3.8) is 0 Å². The van der Waals surface area contributed by atoms with Gasteiger partial charge in [0.05, 0.1) is 0 Å². The molecule has 134 valence electrons. The van der Waals surface area contributed by atoms with Gasteiger partial charge in [0.25, 0.3) is 11.7 Å². The van der Waals surface area contributed by atoms with Crippen molar-refractivity contribution >= 4 is 11.7 Å². The van der Waals surface area contributed by atoms with Crippen molar-refractivity contribution in [3.05, 3.63) is 23.3 Å². The first-order valence-electron chi connectivity index (χ1n) is 9.02. The average molecular weight is 343 g/mol. The maximum atomic E-state index is 12.7. The summed E-state index contributed by atoms with van der Waals surface area (Å²) in [6, 6.07) is 2.41. The summed E-state index contributed by atoms with van der Waals surface area (Å²) in [5.74, 6) is 0.648. The molecular formula is C17H25N7O. The van der Waals surface area contributed by atoms with Gasteiger partial charge in [0.2, 0.25) is 5.82 Å². The minimum atomic E-state index is -0.0917. The summed E-state index contributed by atoms with van der Waals surface area (Å²) in [6.07, 6.45) is 0. The highest BCUT2D eigenvalue weighted by Gasteiger charge is 2.37. The second-order valence-corrected chi connectivity index (χ2v) is 7.02. The van der Waals surface area contributed by atoms with Crippen LogP contribution in [0.3, 0.4) is 0 Å². The van der Waals surface area contributed by atoms with E-state index in [1.54, 1.807) is 4.52 Å². The Balaban J connectivity index is 1.39. The molecule has 0 unspecified atom stereocenters. The van der Waals surface area contributed by atoms with E-state index < -0.39 is 0 Å². The molecule has 0 spiro atoms. The van der Waals surface area contributed by atoms with Gasteiger partial charge in [-0.05, 0) is 26.5 Å². The number of carbonyl (C=O) groups is 1. The number of likely N-dealkylation sites (tertiary alicyclic amines) is 1. The molecule has 4 heterocycles. The fraction of sp³-hybridized carbons (Fsp3) is 0.647. The Labute approximate surface area is 147 Å². The van der Waals surface area contributed by atoms with Crippen LogP contribution < -0.4 is 0 Å². The number of amides is 1. The van der Waals surface area contributed by atoms with Crippen molar-refractivity contribution in [2.24, 2.45) is 0 Å². The van der Waals surface area contributed by atoms with Gasteiger partial charge in [-0.3, -0.25) is 9.69 Å². The maximum absolute atomic E-state index is 12.7. The molecule has 2 aliphatic rings. The summed E-state index contributed by atoms with van der Waals surface area (Å²) in [6.45, 7) is 13.2. The lowest BCUT2D eigenvalue weighted by Crippen LogP contribution is -2.64. The van der Waals surface area contributed by atoms with E-state index in [-0.39, 0.29) is 11.7 Å². The van der Waals surface area contributed by atoms with Crippen LogP contribution >= 0.6 is 0 Å². The number of carbonyl (C=O) groups excluding carboxylic acids is 1. The highest BCUT2D eigenvalue weighted by Crippen LogP contribution is 2.19. The molecule has 0 N–H and O–H groups in total. The lowest BCUT2D eigenvalue weighted by Gasteiger charge is -2.47. The molecule has 25 heavy (non-hydrogen) atoms. The van der Waals surface area contributed by atoms with Gasteiger partial charge >= 0.3 is 0 Å². The highest BCUT2D eigenvalue weighted by molar-refractivity contribution is 5.91. The van der Waals surface area contributed by atoms with Crippen LogP contribution in [0.1, 0.15) is 28.9 Å². The van der Waals surface area contributed by atoms with E-state index in [2.05, 4.69) is 31.8 Å². The molecule has 2 saturated heterocycles. The molecule has 0 aromatic carbocycles. The number of hydrogen-bond donors (Lipinski definition) is 0. The molecule has 0 bridgehead atoms. The molecule has 2 aromatic rings.